The zero-order valence-electron chi connectivity index (χ0n) is 28.0. The van der Waals surface area contributed by atoms with Gasteiger partial charge in [0.15, 0.2) is 0 Å². The number of fused-ring (bicyclic) bond motifs is 1. The Hall–Kier alpha value is -4.66. The van der Waals surface area contributed by atoms with Gasteiger partial charge in [-0.2, -0.15) is 0 Å². The summed E-state index contributed by atoms with van der Waals surface area (Å²) in [5, 5.41) is 6.87. The molecule has 2 saturated heterocycles. The minimum atomic E-state index is -0.259. The van der Waals surface area contributed by atoms with Crippen LogP contribution in [0.3, 0.4) is 0 Å². The standard InChI is InChI=1S/C40H42ClN5O3/c1-26-22-37(42-33-11-9-32(41)10-12-33)36-24-30(8-16-38(36)46(26)27(2)47)29-6-13-34(14-7-29)45-20-18-44(19-21-45)25-28-4-3-5-31(23-28)35-15-17-39(48)43-40(35)49/h3-14,16,23-24,26,35,37,42H,15,17-22,25H2,1-2H3,(H,43,48,49). The molecular formula is C40H42ClN5O3. The lowest BCUT2D eigenvalue weighted by atomic mass is 9.89. The van der Waals surface area contributed by atoms with Crippen LogP contribution >= 0.6 is 11.6 Å². The first-order valence-electron chi connectivity index (χ1n) is 17.2. The van der Waals surface area contributed by atoms with Gasteiger partial charge in [-0.05, 0) is 96.1 Å². The molecule has 2 fully saturated rings. The van der Waals surface area contributed by atoms with Gasteiger partial charge in [0.1, 0.15) is 0 Å². The molecule has 0 radical (unpaired) electrons. The van der Waals surface area contributed by atoms with E-state index in [2.05, 4.69) is 82.0 Å². The summed E-state index contributed by atoms with van der Waals surface area (Å²) in [5.74, 6) is -0.580. The molecule has 3 aliphatic rings. The lowest BCUT2D eigenvalue weighted by molar-refractivity contribution is -0.134. The fourth-order valence-corrected chi connectivity index (χ4v) is 7.74. The number of rotatable bonds is 7. The molecule has 3 atom stereocenters. The molecule has 252 valence electrons. The summed E-state index contributed by atoms with van der Waals surface area (Å²) in [6.45, 7) is 8.34. The molecule has 9 heteroatoms. The second-order valence-corrected chi connectivity index (χ2v) is 13.9. The topological polar surface area (TPSA) is 85.0 Å². The van der Waals surface area contributed by atoms with Crippen molar-refractivity contribution in [2.24, 2.45) is 0 Å². The third-order valence-corrected chi connectivity index (χ3v) is 10.4. The molecule has 0 bridgehead atoms. The van der Waals surface area contributed by atoms with Crippen molar-refractivity contribution in [1.82, 2.24) is 10.2 Å². The number of imide groups is 1. The van der Waals surface area contributed by atoms with Gasteiger partial charge in [-0.3, -0.25) is 24.6 Å². The van der Waals surface area contributed by atoms with E-state index in [0.29, 0.717) is 17.9 Å². The number of halogens is 1. The van der Waals surface area contributed by atoms with Crippen LogP contribution in [0.2, 0.25) is 5.02 Å². The zero-order chi connectivity index (χ0) is 34.1. The highest BCUT2D eigenvalue weighted by Gasteiger charge is 2.33. The van der Waals surface area contributed by atoms with Gasteiger partial charge in [0.05, 0.1) is 12.0 Å². The Labute approximate surface area is 293 Å². The first-order valence-corrected chi connectivity index (χ1v) is 17.6. The van der Waals surface area contributed by atoms with Crippen LogP contribution in [0.25, 0.3) is 11.1 Å². The van der Waals surface area contributed by atoms with Crippen molar-refractivity contribution in [2.45, 2.75) is 57.7 Å². The molecule has 4 aromatic carbocycles. The minimum Gasteiger partial charge on any atom is -0.378 e. The van der Waals surface area contributed by atoms with Crippen LogP contribution in [-0.2, 0) is 20.9 Å². The molecule has 8 nitrogen and oxygen atoms in total. The number of nitrogens with one attached hydrogen (secondary N) is 2. The van der Waals surface area contributed by atoms with Crippen LogP contribution in [0.5, 0.6) is 0 Å². The number of nitrogens with zero attached hydrogens (tertiary/aromatic N) is 3. The number of piperazine rings is 1. The third-order valence-electron chi connectivity index (χ3n) is 10.1. The highest BCUT2D eigenvalue weighted by Crippen LogP contribution is 2.41. The molecule has 0 aliphatic carbocycles. The summed E-state index contributed by atoms with van der Waals surface area (Å²) in [7, 11) is 0. The molecular weight excluding hydrogens is 634 g/mol. The van der Waals surface area contributed by atoms with Gasteiger partial charge in [0.2, 0.25) is 17.7 Å². The van der Waals surface area contributed by atoms with Crippen molar-refractivity contribution in [1.29, 1.82) is 0 Å². The molecule has 3 heterocycles. The summed E-state index contributed by atoms with van der Waals surface area (Å²) in [5.41, 5.74) is 8.72. The average molecular weight is 676 g/mol. The van der Waals surface area contributed by atoms with E-state index in [4.69, 9.17) is 11.6 Å². The van der Waals surface area contributed by atoms with Crippen LogP contribution < -0.4 is 20.4 Å². The van der Waals surface area contributed by atoms with E-state index in [0.717, 1.165) is 72.8 Å². The molecule has 3 unspecified atom stereocenters. The van der Waals surface area contributed by atoms with E-state index in [-0.39, 0.29) is 35.7 Å². The quantitative estimate of drug-likeness (QED) is 0.203. The van der Waals surface area contributed by atoms with Crippen LogP contribution in [0, 0.1) is 0 Å². The molecule has 3 aliphatic heterocycles. The third kappa shape index (κ3) is 7.21. The van der Waals surface area contributed by atoms with Gasteiger partial charge in [-0.25, -0.2) is 0 Å². The van der Waals surface area contributed by atoms with E-state index < -0.39 is 0 Å². The van der Waals surface area contributed by atoms with Gasteiger partial charge < -0.3 is 15.1 Å². The Morgan fingerprint density at radius 1 is 0.898 bits per heavy atom. The maximum absolute atomic E-state index is 12.7. The Morgan fingerprint density at radius 2 is 1.63 bits per heavy atom. The second kappa shape index (κ2) is 14.1. The number of benzene rings is 4. The highest BCUT2D eigenvalue weighted by molar-refractivity contribution is 6.30. The molecule has 3 amide bonds. The van der Waals surface area contributed by atoms with Gasteiger partial charge in [-0.1, -0.05) is 54.1 Å². The summed E-state index contributed by atoms with van der Waals surface area (Å²) >= 11 is 6.14. The number of carbonyl (C=O) groups excluding carboxylic acids is 3. The van der Waals surface area contributed by atoms with E-state index in [1.54, 1.807) is 6.92 Å². The predicted molar refractivity (Wildman–Crippen MR) is 196 cm³/mol. The van der Waals surface area contributed by atoms with E-state index >= 15 is 0 Å². The van der Waals surface area contributed by atoms with E-state index in [1.165, 1.54) is 11.3 Å². The van der Waals surface area contributed by atoms with Crippen molar-refractivity contribution in [3.8, 4) is 11.1 Å². The fraction of sp³-hybridized carbons (Fsp3) is 0.325. The van der Waals surface area contributed by atoms with Gasteiger partial charge in [-0.15, -0.1) is 0 Å². The van der Waals surface area contributed by atoms with Crippen molar-refractivity contribution in [3.63, 3.8) is 0 Å². The van der Waals surface area contributed by atoms with Gasteiger partial charge >= 0.3 is 0 Å². The smallest absolute Gasteiger partial charge is 0.234 e. The lowest BCUT2D eigenvalue weighted by Gasteiger charge is -2.40. The van der Waals surface area contributed by atoms with Crippen molar-refractivity contribution in [3.05, 3.63) is 113 Å². The minimum absolute atomic E-state index is 0.0524. The highest BCUT2D eigenvalue weighted by atomic mass is 35.5. The molecule has 2 N–H and O–H groups in total. The largest absolute Gasteiger partial charge is 0.378 e. The van der Waals surface area contributed by atoms with Crippen LogP contribution in [0.4, 0.5) is 17.1 Å². The Bertz CT molecular complexity index is 1850. The summed E-state index contributed by atoms with van der Waals surface area (Å²) in [4.78, 5) is 43.5. The summed E-state index contributed by atoms with van der Waals surface area (Å²) < 4.78 is 0. The monoisotopic (exact) mass is 675 g/mol. The molecule has 0 saturated carbocycles. The molecule has 0 aromatic heterocycles. The van der Waals surface area contributed by atoms with Crippen molar-refractivity contribution >= 4 is 46.4 Å². The normalized spacial score (nSPS) is 21.2. The number of amides is 3. The van der Waals surface area contributed by atoms with Gasteiger partial charge in [0.25, 0.3) is 0 Å². The number of hydrogen-bond acceptors (Lipinski definition) is 6. The molecule has 49 heavy (non-hydrogen) atoms. The van der Waals surface area contributed by atoms with Crippen LogP contribution in [-0.4, -0.2) is 54.8 Å². The SMILES string of the molecule is CC(=O)N1c2ccc(-c3ccc(N4CCN(Cc5cccc(C6CCC(=O)NC6=O)c5)CC4)cc3)cc2C(Nc2ccc(Cl)cc2)CC1C. The maximum atomic E-state index is 12.7. The average Bonchev–Trinajstić information content (AvgIpc) is 3.09. The summed E-state index contributed by atoms with van der Waals surface area (Å²) in [6, 6.07) is 31.4. The summed E-state index contributed by atoms with van der Waals surface area (Å²) in [6.07, 6.45) is 1.76. The fourth-order valence-electron chi connectivity index (χ4n) is 7.61. The Balaban J connectivity index is 1.01. The van der Waals surface area contributed by atoms with E-state index in [9.17, 15) is 14.4 Å². The molecule has 7 rings (SSSR count). The lowest BCUT2D eigenvalue weighted by Crippen LogP contribution is -2.46. The number of anilines is 3. The number of hydrogen-bond donors (Lipinski definition) is 2. The van der Waals surface area contributed by atoms with Crippen LogP contribution in [0.15, 0.2) is 91.0 Å². The predicted octanol–water partition coefficient (Wildman–Crippen LogP) is 7.15. The zero-order valence-corrected chi connectivity index (χ0v) is 28.7. The number of piperidine rings is 1. The van der Waals surface area contributed by atoms with Gasteiger partial charge in [0, 0.05) is 74.2 Å². The van der Waals surface area contributed by atoms with Crippen molar-refractivity contribution in [2.75, 3.05) is 41.3 Å². The first kappa shape index (κ1) is 32.9. The molecule has 0 spiro atoms. The van der Waals surface area contributed by atoms with Crippen molar-refractivity contribution < 1.29 is 14.4 Å². The Morgan fingerprint density at radius 3 is 2.35 bits per heavy atom. The first-order chi connectivity index (χ1) is 23.7. The van der Waals surface area contributed by atoms with E-state index in [1.807, 2.05) is 41.3 Å². The van der Waals surface area contributed by atoms with Crippen LogP contribution in [0.1, 0.15) is 61.8 Å². The molecule has 4 aromatic rings. The second-order valence-electron chi connectivity index (χ2n) is 13.5. The Kier molecular flexibility index (Phi) is 9.43. The maximum Gasteiger partial charge on any atom is 0.234 e. The number of carbonyl (C=O) groups is 3.